The summed E-state index contributed by atoms with van der Waals surface area (Å²) in [5.41, 5.74) is 9.53. The molecule has 0 aromatic heterocycles. The highest BCUT2D eigenvalue weighted by Crippen LogP contribution is 2.19. The lowest BCUT2D eigenvalue weighted by Crippen LogP contribution is -2.33. The summed E-state index contributed by atoms with van der Waals surface area (Å²) in [6.07, 6.45) is 0.783. The molecule has 0 unspecified atom stereocenters. The molecule has 0 heterocycles. The van der Waals surface area contributed by atoms with Gasteiger partial charge in [-0.1, -0.05) is 29.8 Å². The zero-order chi connectivity index (χ0) is 15.2. The quantitative estimate of drug-likeness (QED) is 0.914. The van der Waals surface area contributed by atoms with Crippen LogP contribution in [0.3, 0.4) is 0 Å². The second-order valence-corrected chi connectivity index (χ2v) is 5.30. The number of amides is 1. The summed E-state index contributed by atoms with van der Waals surface area (Å²) in [5, 5.41) is 0. The Bertz CT molecular complexity index is 605. The fraction of sp³-hybridized carbons (Fsp3) is 0.278. The minimum Gasteiger partial charge on any atom is -0.330 e. The molecule has 110 valence electrons. The van der Waals surface area contributed by atoms with Crippen LogP contribution in [-0.4, -0.2) is 19.0 Å². The number of carbonyl (C=O) groups excluding carboxylic acids is 1. The SMILES string of the molecule is Cc1ccc(C(=O)N(CCCN)c2cccc(C)c2)cc1. The Kier molecular flexibility index (Phi) is 5.12. The van der Waals surface area contributed by atoms with Crippen LogP contribution in [0.25, 0.3) is 0 Å². The molecule has 21 heavy (non-hydrogen) atoms. The van der Waals surface area contributed by atoms with Gasteiger partial charge in [-0.2, -0.15) is 0 Å². The van der Waals surface area contributed by atoms with Crippen LogP contribution in [0.4, 0.5) is 5.69 Å². The van der Waals surface area contributed by atoms with Crippen molar-refractivity contribution >= 4 is 11.6 Å². The minimum absolute atomic E-state index is 0.0223. The molecule has 0 saturated heterocycles. The molecule has 0 atom stereocenters. The maximum absolute atomic E-state index is 12.8. The first-order valence-electron chi connectivity index (χ1n) is 7.27. The van der Waals surface area contributed by atoms with Crippen LogP contribution in [0, 0.1) is 13.8 Å². The van der Waals surface area contributed by atoms with Gasteiger partial charge in [0.1, 0.15) is 0 Å². The number of benzene rings is 2. The standard InChI is InChI=1S/C18H22N2O/c1-14-7-9-16(10-8-14)18(21)20(12-4-11-19)17-6-3-5-15(2)13-17/h3,5-10,13H,4,11-12,19H2,1-2H3. The van der Waals surface area contributed by atoms with E-state index < -0.39 is 0 Å². The Balaban J connectivity index is 2.31. The third-order valence-electron chi connectivity index (χ3n) is 3.44. The van der Waals surface area contributed by atoms with Gasteiger partial charge in [-0.05, 0) is 56.6 Å². The molecular weight excluding hydrogens is 260 g/mol. The highest BCUT2D eigenvalue weighted by Gasteiger charge is 2.17. The van der Waals surface area contributed by atoms with Crippen molar-refractivity contribution in [1.82, 2.24) is 0 Å². The Morgan fingerprint density at radius 2 is 1.76 bits per heavy atom. The van der Waals surface area contributed by atoms with Crippen LogP contribution in [0.2, 0.25) is 0 Å². The predicted octanol–water partition coefficient (Wildman–Crippen LogP) is 3.30. The first-order valence-corrected chi connectivity index (χ1v) is 7.27. The Morgan fingerprint density at radius 3 is 2.38 bits per heavy atom. The van der Waals surface area contributed by atoms with E-state index in [1.54, 1.807) is 0 Å². The van der Waals surface area contributed by atoms with Gasteiger partial charge in [0.2, 0.25) is 0 Å². The number of rotatable bonds is 5. The van der Waals surface area contributed by atoms with Gasteiger partial charge in [-0.25, -0.2) is 0 Å². The van der Waals surface area contributed by atoms with Crippen molar-refractivity contribution in [1.29, 1.82) is 0 Å². The Labute approximate surface area is 126 Å². The van der Waals surface area contributed by atoms with Crippen molar-refractivity contribution in [3.05, 3.63) is 65.2 Å². The normalized spacial score (nSPS) is 10.4. The second kappa shape index (κ2) is 7.04. The van der Waals surface area contributed by atoms with Gasteiger partial charge in [-0.15, -0.1) is 0 Å². The molecule has 0 aliphatic heterocycles. The number of hydrogen-bond acceptors (Lipinski definition) is 2. The lowest BCUT2D eigenvalue weighted by molar-refractivity contribution is 0.0987. The molecule has 2 aromatic carbocycles. The number of aryl methyl sites for hydroxylation is 2. The topological polar surface area (TPSA) is 46.3 Å². The summed E-state index contributed by atoms with van der Waals surface area (Å²) in [6, 6.07) is 15.7. The van der Waals surface area contributed by atoms with E-state index in [4.69, 9.17) is 5.73 Å². The predicted molar refractivity (Wildman–Crippen MR) is 87.7 cm³/mol. The van der Waals surface area contributed by atoms with Crippen LogP contribution in [0.1, 0.15) is 27.9 Å². The van der Waals surface area contributed by atoms with E-state index in [0.717, 1.165) is 23.2 Å². The van der Waals surface area contributed by atoms with Crippen LogP contribution < -0.4 is 10.6 Å². The molecule has 3 heteroatoms. The van der Waals surface area contributed by atoms with Crippen molar-refractivity contribution in [3.63, 3.8) is 0 Å². The highest BCUT2D eigenvalue weighted by molar-refractivity contribution is 6.06. The molecule has 2 aromatic rings. The maximum atomic E-state index is 12.8. The van der Waals surface area contributed by atoms with Crippen LogP contribution in [0.15, 0.2) is 48.5 Å². The monoisotopic (exact) mass is 282 g/mol. The highest BCUT2D eigenvalue weighted by atomic mass is 16.2. The Hall–Kier alpha value is -2.13. The molecule has 0 radical (unpaired) electrons. The number of nitrogens with zero attached hydrogens (tertiary/aromatic N) is 1. The van der Waals surface area contributed by atoms with Crippen molar-refractivity contribution in [2.24, 2.45) is 5.73 Å². The third-order valence-corrected chi connectivity index (χ3v) is 3.44. The molecule has 2 N–H and O–H groups in total. The average molecular weight is 282 g/mol. The summed E-state index contributed by atoms with van der Waals surface area (Å²) in [5.74, 6) is 0.0223. The minimum atomic E-state index is 0.0223. The number of anilines is 1. The molecule has 2 rings (SSSR count). The maximum Gasteiger partial charge on any atom is 0.258 e. The van der Waals surface area contributed by atoms with E-state index in [-0.39, 0.29) is 5.91 Å². The number of hydrogen-bond donors (Lipinski definition) is 1. The smallest absolute Gasteiger partial charge is 0.258 e. The van der Waals surface area contributed by atoms with Crippen molar-refractivity contribution in [2.45, 2.75) is 20.3 Å². The summed E-state index contributed by atoms with van der Waals surface area (Å²) >= 11 is 0. The zero-order valence-electron chi connectivity index (χ0n) is 12.7. The van der Waals surface area contributed by atoms with E-state index >= 15 is 0 Å². The largest absolute Gasteiger partial charge is 0.330 e. The molecule has 0 aliphatic rings. The van der Waals surface area contributed by atoms with E-state index in [1.807, 2.05) is 67.3 Å². The first-order chi connectivity index (χ1) is 10.1. The van der Waals surface area contributed by atoms with Gasteiger partial charge >= 0.3 is 0 Å². The molecule has 0 saturated carbocycles. The summed E-state index contributed by atoms with van der Waals surface area (Å²) in [4.78, 5) is 14.6. The summed E-state index contributed by atoms with van der Waals surface area (Å²) in [6.45, 7) is 5.25. The zero-order valence-corrected chi connectivity index (χ0v) is 12.7. The fourth-order valence-corrected chi connectivity index (χ4v) is 2.25. The lowest BCUT2D eigenvalue weighted by atomic mass is 10.1. The lowest BCUT2D eigenvalue weighted by Gasteiger charge is -2.23. The second-order valence-electron chi connectivity index (χ2n) is 5.30. The number of nitrogens with two attached hydrogens (primary N) is 1. The van der Waals surface area contributed by atoms with Crippen molar-refractivity contribution in [3.8, 4) is 0 Å². The van der Waals surface area contributed by atoms with Gasteiger partial charge in [0.05, 0.1) is 0 Å². The van der Waals surface area contributed by atoms with Crippen molar-refractivity contribution < 1.29 is 4.79 Å². The van der Waals surface area contributed by atoms with Gasteiger partial charge < -0.3 is 10.6 Å². The van der Waals surface area contributed by atoms with Gasteiger partial charge in [-0.3, -0.25) is 4.79 Å². The van der Waals surface area contributed by atoms with E-state index in [1.165, 1.54) is 0 Å². The van der Waals surface area contributed by atoms with Crippen molar-refractivity contribution in [2.75, 3.05) is 18.0 Å². The molecular formula is C18H22N2O. The average Bonchev–Trinajstić information content (AvgIpc) is 2.48. The Morgan fingerprint density at radius 1 is 1.05 bits per heavy atom. The van der Waals surface area contributed by atoms with E-state index in [2.05, 4.69) is 0 Å². The third kappa shape index (κ3) is 3.92. The fourth-order valence-electron chi connectivity index (χ4n) is 2.25. The molecule has 0 bridgehead atoms. The molecule has 3 nitrogen and oxygen atoms in total. The molecule has 0 fully saturated rings. The molecule has 0 spiro atoms. The molecule has 1 amide bonds. The van der Waals surface area contributed by atoms with Crippen LogP contribution in [0.5, 0.6) is 0 Å². The van der Waals surface area contributed by atoms with E-state index in [0.29, 0.717) is 18.7 Å². The van der Waals surface area contributed by atoms with Gasteiger partial charge in [0.25, 0.3) is 5.91 Å². The van der Waals surface area contributed by atoms with E-state index in [9.17, 15) is 4.79 Å². The van der Waals surface area contributed by atoms with Gasteiger partial charge in [0.15, 0.2) is 0 Å². The summed E-state index contributed by atoms with van der Waals surface area (Å²) in [7, 11) is 0. The summed E-state index contributed by atoms with van der Waals surface area (Å²) < 4.78 is 0. The van der Waals surface area contributed by atoms with Crippen LogP contribution in [-0.2, 0) is 0 Å². The first kappa shape index (κ1) is 15.3. The number of carbonyl (C=O) groups is 1. The molecule has 0 aliphatic carbocycles. The van der Waals surface area contributed by atoms with Crippen LogP contribution >= 0.6 is 0 Å². The van der Waals surface area contributed by atoms with Gasteiger partial charge in [0, 0.05) is 17.8 Å².